The molecule has 0 atom stereocenters. The number of aromatic nitrogens is 2. The predicted molar refractivity (Wildman–Crippen MR) is 83.0 cm³/mol. The summed E-state index contributed by atoms with van der Waals surface area (Å²) in [5.74, 6) is 1.11. The summed E-state index contributed by atoms with van der Waals surface area (Å²) >= 11 is 3.56. The summed E-state index contributed by atoms with van der Waals surface area (Å²) in [5, 5.41) is 7.24. The second kappa shape index (κ2) is 5.51. The largest absolute Gasteiger partial charge is 0.363 e. The molecule has 2 heterocycles. The Labute approximate surface area is 132 Å². The van der Waals surface area contributed by atoms with Gasteiger partial charge in [0.1, 0.15) is 6.61 Å². The molecule has 3 rings (SSSR count). The van der Waals surface area contributed by atoms with Gasteiger partial charge in [-0.25, -0.2) is 0 Å². The lowest BCUT2D eigenvalue weighted by atomic mass is 10.0. The molecule has 21 heavy (non-hydrogen) atoms. The van der Waals surface area contributed by atoms with Crippen LogP contribution in [0.1, 0.15) is 23.9 Å². The van der Waals surface area contributed by atoms with E-state index >= 15 is 0 Å². The highest BCUT2D eigenvalue weighted by Crippen LogP contribution is 2.27. The van der Waals surface area contributed by atoms with Gasteiger partial charge in [0.2, 0.25) is 5.82 Å². The average molecular weight is 352 g/mol. The molecule has 1 aromatic carbocycles. The Morgan fingerprint density at radius 2 is 2.00 bits per heavy atom. The van der Waals surface area contributed by atoms with Gasteiger partial charge in [0.25, 0.3) is 5.89 Å². The van der Waals surface area contributed by atoms with Crippen molar-refractivity contribution >= 4 is 15.9 Å². The van der Waals surface area contributed by atoms with E-state index in [1.54, 1.807) is 0 Å². The quantitative estimate of drug-likeness (QED) is 0.917. The molecule has 0 spiro atoms. The molecular formula is C15H18BrN3O2. The van der Waals surface area contributed by atoms with Crippen molar-refractivity contribution in [3.63, 3.8) is 0 Å². The summed E-state index contributed by atoms with van der Waals surface area (Å²) < 4.78 is 12.2. The van der Waals surface area contributed by atoms with E-state index in [-0.39, 0.29) is 5.60 Å². The molecule has 1 saturated heterocycles. The van der Waals surface area contributed by atoms with Crippen LogP contribution in [0.3, 0.4) is 0 Å². The first-order valence-corrected chi connectivity index (χ1v) is 7.70. The second-order valence-corrected chi connectivity index (χ2v) is 6.57. The fourth-order valence-electron chi connectivity index (χ4n) is 2.32. The van der Waals surface area contributed by atoms with Gasteiger partial charge < -0.3 is 14.6 Å². The molecule has 0 aliphatic carbocycles. The summed E-state index contributed by atoms with van der Waals surface area (Å²) in [6.07, 6.45) is 0. The second-order valence-electron chi connectivity index (χ2n) is 5.78. The number of nitrogens with one attached hydrogen (secondary N) is 1. The minimum Gasteiger partial charge on any atom is -0.363 e. The lowest BCUT2D eigenvalue weighted by molar-refractivity contribution is -0.0841. The highest BCUT2D eigenvalue weighted by molar-refractivity contribution is 9.10. The van der Waals surface area contributed by atoms with Crippen molar-refractivity contribution in [2.24, 2.45) is 0 Å². The van der Waals surface area contributed by atoms with Crippen molar-refractivity contribution in [1.82, 2.24) is 15.5 Å². The molecule has 0 bridgehead atoms. The maximum Gasteiger partial charge on any atom is 0.252 e. The van der Waals surface area contributed by atoms with E-state index in [4.69, 9.17) is 9.26 Å². The smallest absolute Gasteiger partial charge is 0.252 e. The van der Waals surface area contributed by atoms with Crippen molar-refractivity contribution in [3.05, 3.63) is 33.6 Å². The first kappa shape index (κ1) is 14.7. The molecule has 6 heteroatoms. The average Bonchev–Trinajstić information content (AvgIpc) is 2.89. The van der Waals surface area contributed by atoms with Gasteiger partial charge in [0, 0.05) is 23.1 Å². The molecule has 112 valence electrons. The van der Waals surface area contributed by atoms with Crippen molar-refractivity contribution in [2.75, 3.05) is 13.1 Å². The van der Waals surface area contributed by atoms with Crippen LogP contribution in [0.15, 0.2) is 21.1 Å². The van der Waals surface area contributed by atoms with Gasteiger partial charge in [-0.15, -0.1) is 0 Å². The van der Waals surface area contributed by atoms with Crippen LogP contribution in [0, 0.1) is 13.8 Å². The van der Waals surface area contributed by atoms with Crippen LogP contribution < -0.4 is 5.32 Å². The van der Waals surface area contributed by atoms with Crippen LogP contribution in [0.2, 0.25) is 0 Å². The standard InChI is InChI=1S/C15H18BrN3O2/c1-9-4-11(5-10(2)13(9)16)14-18-12(21-19-14)6-20-15(3)7-17-8-15/h4-5,17H,6-8H2,1-3H3. The van der Waals surface area contributed by atoms with Crippen LogP contribution in [0.4, 0.5) is 0 Å². The molecule has 5 nitrogen and oxygen atoms in total. The lowest BCUT2D eigenvalue weighted by Crippen LogP contribution is -2.58. The van der Waals surface area contributed by atoms with Gasteiger partial charge in [0.15, 0.2) is 0 Å². The van der Waals surface area contributed by atoms with Crippen molar-refractivity contribution in [2.45, 2.75) is 33.0 Å². The number of rotatable bonds is 4. The Morgan fingerprint density at radius 1 is 1.33 bits per heavy atom. The first-order chi connectivity index (χ1) is 9.97. The molecule has 2 aromatic rings. The minimum absolute atomic E-state index is 0.112. The highest BCUT2D eigenvalue weighted by Gasteiger charge is 2.33. The molecular weight excluding hydrogens is 334 g/mol. The third-order valence-electron chi connectivity index (χ3n) is 3.70. The Balaban J connectivity index is 1.75. The van der Waals surface area contributed by atoms with Crippen molar-refractivity contribution in [3.8, 4) is 11.4 Å². The van der Waals surface area contributed by atoms with E-state index in [2.05, 4.69) is 52.2 Å². The number of benzene rings is 1. The molecule has 1 N–H and O–H groups in total. The summed E-state index contributed by atoms with van der Waals surface area (Å²) in [6.45, 7) is 8.24. The Bertz CT molecular complexity index is 642. The minimum atomic E-state index is -0.112. The van der Waals surface area contributed by atoms with Gasteiger partial charge >= 0.3 is 0 Å². The van der Waals surface area contributed by atoms with Crippen LogP contribution in [0.5, 0.6) is 0 Å². The van der Waals surface area contributed by atoms with E-state index in [1.807, 2.05) is 12.1 Å². The van der Waals surface area contributed by atoms with E-state index in [9.17, 15) is 0 Å². The summed E-state index contributed by atoms with van der Waals surface area (Å²) in [4.78, 5) is 4.42. The molecule has 0 saturated carbocycles. The zero-order valence-electron chi connectivity index (χ0n) is 12.4. The number of halogens is 1. The van der Waals surface area contributed by atoms with E-state index in [0.29, 0.717) is 18.3 Å². The zero-order valence-corrected chi connectivity index (χ0v) is 14.0. The van der Waals surface area contributed by atoms with Gasteiger partial charge in [-0.3, -0.25) is 0 Å². The van der Waals surface area contributed by atoms with Crippen LogP contribution >= 0.6 is 15.9 Å². The summed E-state index contributed by atoms with van der Waals surface area (Å²) in [7, 11) is 0. The summed E-state index contributed by atoms with van der Waals surface area (Å²) in [5.41, 5.74) is 3.15. The molecule has 0 amide bonds. The Morgan fingerprint density at radius 3 is 2.57 bits per heavy atom. The molecule has 1 aliphatic rings. The Kier molecular flexibility index (Phi) is 3.86. The van der Waals surface area contributed by atoms with E-state index < -0.39 is 0 Å². The number of nitrogens with zero attached hydrogens (tertiary/aromatic N) is 2. The van der Waals surface area contributed by atoms with Crippen LogP contribution in [-0.4, -0.2) is 28.8 Å². The Hall–Kier alpha value is -1.24. The van der Waals surface area contributed by atoms with Gasteiger partial charge in [-0.05, 0) is 44.0 Å². The van der Waals surface area contributed by atoms with Crippen molar-refractivity contribution in [1.29, 1.82) is 0 Å². The third-order valence-corrected chi connectivity index (χ3v) is 4.96. The zero-order chi connectivity index (χ0) is 15.0. The molecule has 1 aliphatic heterocycles. The highest BCUT2D eigenvalue weighted by atomic mass is 79.9. The topological polar surface area (TPSA) is 60.2 Å². The fraction of sp³-hybridized carbons (Fsp3) is 0.467. The van der Waals surface area contributed by atoms with E-state index in [0.717, 1.165) is 34.3 Å². The van der Waals surface area contributed by atoms with Crippen molar-refractivity contribution < 1.29 is 9.26 Å². The van der Waals surface area contributed by atoms with Crippen LogP contribution in [0.25, 0.3) is 11.4 Å². The monoisotopic (exact) mass is 351 g/mol. The number of hydrogen-bond donors (Lipinski definition) is 1. The van der Waals surface area contributed by atoms with Gasteiger partial charge in [-0.1, -0.05) is 21.1 Å². The fourth-order valence-corrected chi connectivity index (χ4v) is 2.55. The third kappa shape index (κ3) is 3.02. The van der Waals surface area contributed by atoms with Crippen LogP contribution in [-0.2, 0) is 11.3 Å². The lowest BCUT2D eigenvalue weighted by Gasteiger charge is -2.38. The number of ether oxygens (including phenoxy) is 1. The molecule has 1 aromatic heterocycles. The molecule has 0 unspecified atom stereocenters. The summed E-state index contributed by atoms with van der Waals surface area (Å²) in [6, 6.07) is 4.09. The number of aryl methyl sites for hydroxylation is 2. The predicted octanol–water partition coefficient (Wildman–Crippen LogP) is 2.99. The molecule has 0 radical (unpaired) electrons. The molecule has 1 fully saturated rings. The SMILES string of the molecule is Cc1cc(-c2noc(COC3(C)CNC3)n2)cc(C)c1Br. The first-order valence-electron chi connectivity index (χ1n) is 6.91. The number of hydrogen-bond acceptors (Lipinski definition) is 5. The maximum atomic E-state index is 5.80. The van der Waals surface area contributed by atoms with Gasteiger partial charge in [-0.2, -0.15) is 4.98 Å². The normalized spacial score (nSPS) is 16.8. The maximum absolute atomic E-state index is 5.80. The van der Waals surface area contributed by atoms with E-state index in [1.165, 1.54) is 0 Å². The van der Waals surface area contributed by atoms with Gasteiger partial charge in [0.05, 0.1) is 5.60 Å².